The Balaban J connectivity index is 1.75. The SMILES string of the molecule is Cc1cc(C(=O)NCCNc2cnccn2)sc1C. The lowest BCUT2D eigenvalue weighted by Crippen LogP contribution is -2.28. The first-order chi connectivity index (χ1) is 9.16. The Kier molecular flexibility index (Phi) is 4.46. The molecule has 0 aromatic carbocycles. The van der Waals surface area contributed by atoms with Gasteiger partial charge in [0.25, 0.3) is 5.91 Å². The van der Waals surface area contributed by atoms with E-state index in [1.165, 1.54) is 16.2 Å². The summed E-state index contributed by atoms with van der Waals surface area (Å²) in [5, 5.41) is 5.95. The topological polar surface area (TPSA) is 66.9 Å². The molecule has 0 fully saturated rings. The van der Waals surface area contributed by atoms with E-state index in [0.717, 1.165) is 10.4 Å². The molecular formula is C13H16N4OS. The first kappa shape index (κ1) is 13.5. The summed E-state index contributed by atoms with van der Waals surface area (Å²) in [6.45, 7) is 5.20. The third-order valence-corrected chi connectivity index (χ3v) is 3.82. The summed E-state index contributed by atoms with van der Waals surface area (Å²) in [5.74, 6) is 0.682. The molecule has 0 saturated heterocycles. The van der Waals surface area contributed by atoms with Crippen molar-refractivity contribution in [1.82, 2.24) is 15.3 Å². The summed E-state index contributed by atoms with van der Waals surface area (Å²) in [6.07, 6.45) is 4.89. The number of carbonyl (C=O) groups excluding carboxylic acids is 1. The van der Waals surface area contributed by atoms with Crippen LogP contribution in [0.4, 0.5) is 5.82 Å². The van der Waals surface area contributed by atoms with Crippen LogP contribution in [0.15, 0.2) is 24.7 Å². The van der Waals surface area contributed by atoms with E-state index in [1.807, 2.05) is 19.9 Å². The minimum absolute atomic E-state index is 0.0258. The highest BCUT2D eigenvalue weighted by molar-refractivity contribution is 7.14. The zero-order valence-corrected chi connectivity index (χ0v) is 11.8. The predicted octanol–water partition coefficient (Wildman–Crippen LogP) is 2.00. The van der Waals surface area contributed by atoms with Gasteiger partial charge in [-0.25, -0.2) is 4.98 Å². The van der Waals surface area contributed by atoms with Gasteiger partial charge in [-0.2, -0.15) is 0 Å². The summed E-state index contributed by atoms with van der Waals surface area (Å²) in [6, 6.07) is 1.92. The van der Waals surface area contributed by atoms with E-state index in [4.69, 9.17) is 0 Å². The monoisotopic (exact) mass is 276 g/mol. The highest BCUT2D eigenvalue weighted by Gasteiger charge is 2.09. The molecule has 2 heterocycles. The Morgan fingerprint density at radius 2 is 2.16 bits per heavy atom. The molecule has 0 unspecified atom stereocenters. The van der Waals surface area contributed by atoms with Crippen LogP contribution in [0.3, 0.4) is 0 Å². The third-order valence-electron chi connectivity index (χ3n) is 2.67. The molecule has 0 spiro atoms. The van der Waals surface area contributed by atoms with Crippen LogP contribution in [0.1, 0.15) is 20.1 Å². The van der Waals surface area contributed by atoms with Crippen molar-refractivity contribution in [2.75, 3.05) is 18.4 Å². The number of carbonyl (C=O) groups is 1. The van der Waals surface area contributed by atoms with Crippen LogP contribution in [0.25, 0.3) is 0 Å². The van der Waals surface area contributed by atoms with Gasteiger partial charge in [0.05, 0.1) is 11.1 Å². The summed E-state index contributed by atoms with van der Waals surface area (Å²) >= 11 is 1.52. The molecule has 0 aliphatic carbocycles. The quantitative estimate of drug-likeness (QED) is 0.820. The fourth-order valence-corrected chi connectivity index (χ4v) is 2.48. The van der Waals surface area contributed by atoms with Crippen LogP contribution >= 0.6 is 11.3 Å². The molecule has 19 heavy (non-hydrogen) atoms. The van der Waals surface area contributed by atoms with E-state index >= 15 is 0 Å². The number of nitrogens with one attached hydrogen (secondary N) is 2. The maximum absolute atomic E-state index is 11.9. The standard InChI is InChI=1S/C13H16N4OS/c1-9-7-11(19-10(9)2)13(18)17-6-5-16-12-8-14-3-4-15-12/h3-4,7-8H,5-6H2,1-2H3,(H,15,16)(H,17,18). The second-order valence-electron chi connectivity index (χ2n) is 4.12. The summed E-state index contributed by atoms with van der Waals surface area (Å²) in [7, 11) is 0. The molecule has 5 nitrogen and oxygen atoms in total. The number of anilines is 1. The Hall–Kier alpha value is -1.95. The smallest absolute Gasteiger partial charge is 0.261 e. The summed E-state index contributed by atoms with van der Waals surface area (Å²) in [5.41, 5.74) is 1.16. The maximum Gasteiger partial charge on any atom is 0.261 e. The van der Waals surface area contributed by atoms with Gasteiger partial charge in [-0.15, -0.1) is 11.3 Å². The Morgan fingerprint density at radius 1 is 1.32 bits per heavy atom. The Bertz CT molecular complexity index is 534. The minimum Gasteiger partial charge on any atom is -0.367 e. The molecule has 0 aliphatic heterocycles. The van der Waals surface area contributed by atoms with Crippen molar-refractivity contribution in [3.63, 3.8) is 0 Å². The van der Waals surface area contributed by atoms with E-state index in [2.05, 4.69) is 20.6 Å². The van der Waals surface area contributed by atoms with E-state index in [1.54, 1.807) is 18.6 Å². The molecule has 0 bridgehead atoms. The van der Waals surface area contributed by atoms with Crippen LogP contribution in [0.5, 0.6) is 0 Å². The van der Waals surface area contributed by atoms with Gasteiger partial charge < -0.3 is 10.6 Å². The third kappa shape index (κ3) is 3.75. The normalized spacial score (nSPS) is 10.2. The van der Waals surface area contributed by atoms with Crippen LogP contribution in [-0.4, -0.2) is 29.0 Å². The summed E-state index contributed by atoms with van der Waals surface area (Å²) in [4.78, 5) is 21.8. The van der Waals surface area contributed by atoms with Crippen molar-refractivity contribution >= 4 is 23.1 Å². The molecular weight excluding hydrogens is 260 g/mol. The van der Waals surface area contributed by atoms with Gasteiger partial charge in [0, 0.05) is 30.4 Å². The second-order valence-corrected chi connectivity index (χ2v) is 5.38. The molecule has 2 aromatic heterocycles. The second kappa shape index (κ2) is 6.29. The Labute approximate surface area is 116 Å². The lowest BCUT2D eigenvalue weighted by atomic mass is 10.3. The van der Waals surface area contributed by atoms with Gasteiger partial charge in [-0.3, -0.25) is 9.78 Å². The van der Waals surface area contributed by atoms with Crippen molar-refractivity contribution in [2.24, 2.45) is 0 Å². The first-order valence-electron chi connectivity index (χ1n) is 6.02. The average Bonchev–Trinajstić information content (AvgIpc) is 2.76. The number of nitrogens with zero attached hydrogens (tertiary/aromatic N) is 2. The van der Waals surface area contributed by atoms with Gasteiger partial charge in [-0.05, 0) is 25.5 Å². The molecule has 0 aliphatic rings. The van der Waals surface area contributed by atoms with E-state index < -0.39 is 0 Å². The minimum atomic E-state index is -0.0258. The van der Waals surface area contributed by atoms with Crippen molar-refractivity contribution in [3.05, 3.63) is 40.0 Å². The van der Waals surface area contributed by atoms with Gasteiger partial charge in [0.2, 0.25) is 0 Å². The molecule has 2 aromatic rings. The van der Waals surface area contributed by atoms with E-state index in [9.17, 15) is 4.79 Å². The van der Waals surface area contributed by atoms with Crippen molar-refractivity contribution in [2.45, 2.75) is 13.8 Å². The number of hydrogen-bond acceptors (Lipinski definition) is 5. The number of thiophene rings is 1. The van der Waals surface area contributed by atoms with Crippen molar-refractivity contribution in [1.29, 1.82) is 0 Å². The molecule has 0 atom stereocenters. The molecule has 2 rings (SSSR count). The average molecular weight is 276 g/mol. The molecule has 0 radical (unpaired) electrons. The summed E-state index contributed by atoms with van der Waals surface area (Å²) < 4.78 is 0. The maximum atomic E-state index is 11.9. The van der Waals surface area contributed by atoms with Crippen LogP contribution in [0, 0.1) is 13.8 Å². The number of rotatable bonds is 5. The number of amides is 1. The van der Waals surface area contributed by atoms with E-state index in [0.29, 0.717) is 18.9 Å². The molecule has 100 valence electrons. The van der Waals surface area contributed by atoms with Gasteiger partial charge >= 0.3 is 0 Å². The highest BCUT2D eigenvalue weighted by atomic mass is 32.1. The van der Waals surface area contributed by atoms with Gasteiger partial charge in [0.1, 0.15) is 5.82 Å². The molecule has 1 amide bonds. The number of hydrogen-bond donors (Lipinski definition) is 2. The number of aromatic nitrogens is 2. The molecule has 0 saturated carbocycles. The van der Waals surface area contributed by atoms with Gasteiger partial charge in [0.15, 0.2) is 0 Å². The van der Waals surface area contributed by atoms with Crippen LogP contribution < -0.4 is 10.6 Å². The van der Waals surface area contributed by atoms with Crippen LogP contribution in [-0.2, 0) is 0 Å². The van der Waals surface area contributed by atoms with Crippen molar-refractivity contribution < 1.29 is 4.79 Å². The zero-order valence-electron chi connectivity index (χ0n) is 10.9. The lowest BCUT2D eigenvalue weighted by Gasteiger charge is -2.05. The fraction of sp³-hybridized carbons (Fsp3) is 0.308. The van der Waals surface area contributed by atoms with Crippen LogP contribution in [0.2, 0.25) is 0 Å². The zero-order chi connectivity index (χ0) is 13.7. The lowest BCUT2D eigenvalue weighted by molar-refractivity contribution is 0.0959. The largest absolute Gasteiger partial charge is 0.367 e. The fourth-order valence-electron chi connectivity index (χ4n) is 1.53. The first-order valence-corrected chi connectivity index (χ1v) is 6.83. The van der Waals surface area contributed by atoms with Gasteiger partial charge in [-0.1, -0.05) is 0 Å². The molecule has 6 heteroatoms. The Morgan fingerprint density at radius 3 is 2.79 bits per heavy atom. The molecule has 2 N–H and O–H groups in total. The van der Waals surface area contributed by atoms with Crippen molar-refractivity contribution in [3.8, 4) is 0 Å². The van der Waals surface area contributed by atoms with E-state index in [-0.39, 0.29) is 5.91 Å². The predicted molar refractivity (Wildman–Crippen MR) is 76.6 cm³/mol. The number of aryl methyl sites for hydroxylation is 2. The highest BCUT2D eigenvalue weighted by Crippen LogP contribution is 2.20.